The number of ether oxygens (including phenoxy) is 4. The van der Waals surface area contributed by atoms with Crippen molar-refractivity contribution in [1.29, 1.82) is 0 Å². The van der Waals surface area contributed by atoms with E-state index in [0.29, 0.717) is 53.9 Å². The Bertz CT molecular complexity index is 3650. The molecule has 378 valence electrons. The number of methoxy groups -OCH3 is 4. The highest BCUT2D eigenvalue weighted by atomic mass is 16.5. The van der Waals surface area contributed by atoms with E-state index in [-0.39, 0.29) is 0 Å². The fourth-order valence-electron chi connectivity index (χ4n) is 9.64. The number of hydrogen-bond donors (Lipinski definition) is 4. The summed E-state index contributed by atoms with van der Waals surface area (Å²) in [4.78, 5) is 36.3. The zero-order valence-corrected chi connectivity index (χ0v) is 44.6. The molecule has 0 amide bonds. The maximum absolute atomic E-state index is 6.03. The first-order chi connectivity index (χ1) is 35.3. The number of nitrogens with zero attached hydrogens (tertiary/aromatic N) is 4. The second kappa shape index (κ2) is 19.5. The predicted molar refractivity (Wildman–Crippen MR) is 303 cm³/mol. The fraction of sp³-hybridized carbons (Fsp3) is 0.323. The third-order valence-electron chi connectivity index (χ3n) is 14.5. The molecule has 10 rings (SSSR count). The van der Waals surface area contributed by atoms with Crippen LogP contribution in [0.1, 0.15) is 134 Å². The zero-order chi connectivity index (χ0) is 52.2. The number of hydrogen-bond acceptors (Lipinski definition) is 8. The van der Waals surface area contributed by atoms with Crippen LogP contribution in [-0.4, -0.2) is 90.7 Å². The summed E-state index contributed by atoms with van der Waals surface area (Å²) < 4.78 is 24.1. The van der Waals surface area contributed by atoms with E-state index < -0.39 is 22.4 Å². The summed E-state index contributed by atoms with van der Waals surface area (Å²) in [6.45, 7) is 16.8. The Labute approximate surface area is 433 Å². The van der Waals surface area contributed by atoms with Gasteiger partial charge in [-0.3, -0.25) is 0 Å². The third kappa shape index (κ3) is 10.5. The first-order valence-electron chi connectivity index (χ1n) is 25.3. The molecule has 10 heterocycles. The Morgan fingerprint density at radius 2 is 0.689 bits per heavy atom. The van der Waals surface area contributed by atoms with E-state index in [1.54, 1.807) is 28.4 Å². The lowest BCUT2D eigenvalue weighted by molar-refractivity contribution is 0.0228. The number of aromatic nitrogens is 8. The van der Waals surface area contributed by atoms with Crippen LogP contribution >= 0.6 is 0 Å². The first kappa shape index (κ1) is 50.1. The molecule has 12 nitrogen and oxygen atoms in total. The second-order valence-electron chi connectivity index (χ2n) is 21.9. The van der Waals surface area contributed by atoms with Gasteiger partial charge in [0.05, 0.1) is 84.6 Å². The van der Waals surface area contributed by atoms with Crippen LogP contribution in [0.15, 0.2) is 60.7 Å². The molecule has 0 atom stereocenters. The lowest BCUT2D eigenvalue weighted by atomic mass is 9.96. The van der Waals surface area contributed by atoms with Crippen molar-refractivity contribution in [2.75, 3.05) is 28.4 Å². The molecule has 0 aliphatic carbocycles. The van der Waals surface area contributed by atoms with Gasteiger partial charge in [0, 0.05) is 115 Å². The molecule has 4 N–H and O–H groups in total. The summed E-state index contributed by atoms with van der Waals surface area (Å²) in [7, 11) is 7.00. The maximum atomic E-state index is 6.03. The zero-order valence-electron chi connectivity index (χ0n) is 44.6. The van der Waals surface area contributed by atoms with Crippen LogP contribution in [0.25, 0.3) is 92.7 Å². The molecule has 0 saturated carbocycles. The molecule has 16 bridgehead atoms. The van der Waals surface area contributed by atoms with Gasteiger partial charge in [-0.05, 0) is 165 Å². The molecule has 0 fully saturated rings. The van der Waals surface area contributed by atoms with Gasteiger partial charge in [0.15, 0.2) is 0 Å². The monoisotopic (exact) mass is 987 g/mol. The van der Waals surface area contributed by atoms with Crippen LogP contribution in [0.2, 0.25) is 0 Å². The van der Waals surface area contributed by atoms with Crippen LogP contribution < -0.4 is 0 Å². The minimum atomic E-state index is -0.495. The molecule has 0 saturated heterocycles. The van der Waals surface area contributed by atoms with E-state index in [1.165, 1.54) is 0 Å². The van der Waals surface area contributed by atoms with Crippen molar-refractivity contribution in [3.63, 3.8) is 0 Å². The Morgan fingerprint density at radius 3 is 1.19 bits per heavy atom. The van der Waals surface area contributed by atoms with Crippen molar-refractivity contribution in [2.45, 2.75) is 103 Å². The molecule has 12 heteroatoms. The average molecular weight is 987 g/mol. The summed E-state index contributed by atoms with van der Waals surface area (Å²) in [5.41, 5.74) is 17.2. The minimum Gasteiger partial charge on any atom is -0.378 e. The number of rotatable bonds is 12. The van der Waals surface area contributed by atoms with Crippen molar-refractivity contribution < 1.29 is 18.9 Å². The van der Waals surface area contributed by atoms with Gasteiger partial charge in [0.1, 0.15) is 0 Å². The van der Waals surface area contributed by atoms with E-state index >= 15 is 0 Å². The maximum Gasteiger partial charge on any atom is 0.0816 e. The molecule has 0 spiro atoms. The molecule has 0 unspecified atom stereocenters. The number of aromatic amines is 4. The highest BCUT2D eigenvalue weighted by Crippen LogP contribution is 2.33. The van der Waals surface area contributed by atoms with Gasteiger partial charge >= 0.3 is 0 Å². The molecule has 4 aliphatic rings. The summed E-state index contributed by atoms with van der Waals surface area (Å²) in [6, 6.07) is 21.1. The van der Waals surface area contributed by atoms with Crippen LogP contribution in [0.5, 0.6) is 0 Å². The number of nitrogens with one attached hydrogen (secondary N) is 4. The molecule has 74 heavy (non-hydrogen) atoms. The molecular formula is C62H66N8O4. The number of H-pyrrole nitrogens is 4. The van der Waals surface area contributed by atoms with E-state index in [9.17, 15) is 0 Å². The Balaban J connectivity index is 1.31. The van der Waals surface area contributed by atoms with Gasteiger partial charge < -0.3 is 38.9 Å². The van der Waals surface area contributed by atoms with Gasteiger partial charge in [-0.2, -0.15) is 0 Å². The lowest BCUT2D eigenvalue weighted by Crippen LogP contribution is -2.26. The summed E-state index contributed by atoms with van der Waals surface area (Å²) in [5.74, 6) is 7.37. The van der Waals surface area contributed by atoms with E-state index in [4.69, 9.17) is 38.9 Å². The smallest absolute Gasteiger partial charge is 0.0816 e. The van der Waals surface area contributed by atoms with Crippen molar-refractivity contribution >= 4 is 92.7 Å². The van der Waals surface area contributed by atoms with Gasteiger partial charge in [0.2, 0.25) is 0 Å². The lowest BCUT2D eigenvalue weighted by Gasteiger charge is -2.23. The van der Waals surface area contributed by atoms with E-state index in [0.717, 1.165) is 94.9 Å². The minimum absolute atomic E-state index is 0.467. The van der Waals surface area contributed by atoms with Crippen LogP contribution in [0.3, 0.4) is 0 Å². The van der Waals surface area contributed by atoms with E-state index in [2.05, 4.69) is 184 Å². The molecular weight excluding hydrogens is 921 g/mol. The van der Waals surface area contributed by atoms with Crippen LogP contribution in [-0.2, 0) is 44.6 Å². The van der Waals surface area contributed by atoms with Crippen LogP contribution in [0.4, 0.5) is 0 Å². The summed E-state index contributed by atoms with van der Waals surface area (Å²) >= 11 is 0. The highest BCUT2D eigenvalue weighted by Gasteiger charge is 2.27. The van der Waals surface area contributed by atoms with Gasteiger partial charge in [-0.1, -0.05) is 11.8 Å². The highest BCUT2D eigenvalue weighted by molar-refractivity contribution is 5.87. The quantitative estimate of drug-likeness (QED) is 0.0883. The topological polar surface area (TPSA) is 152 Å². The van der Waals surface area contributed by atoms with Crippen molar-refractivity contribution in [3.05, 3.63) is 140 Å². The first-order valence-corrected chi connectivity index (χ1v) is 25.3. The normalized spacial score (nSPS) is 13.5. The fourth-order valence-corrected chi connectivity index (χ4v) is 9.64. The van der Waals surface area contributed by atoms with Crippen molar-refractivity contribution in [2.24, 2.45) is 0 Å². The Kier molecular flexibility index (Phi) is 13.2. The van der Waals surface area contributed by atoms with Gasteiger partial charge in [-0.15, -0.1) is 0 Å². The molecule has 6 aromatic heterocycles. The largest absolute Gasteiger partial charge is 0.378 e. The average Bonchev–Trinajstić information content (AvgIpc) is 4.22. The molecule has 0 aromatic carbocycles. The molecule has 4 aliphatic heterocycles. The van der Waals surface area contributed by atoms with Crippen molar-refractivity contribution in [1.82, 2.24) is 39.9 Å². The second-order valence-corrected chi connectivity index (χ2v) is 21.9. The molecule has 6 aromatic rings. The Hall–Kier alpha value is -7.40. The third-order valence-corrected chi connectivity index (χ3v) is 14.5. The predicted octanol–water partition coefficient (Wildman–Crippen LogP) is 12.9. The summed E-state index contributed by atoms with van der Waals surface area (Å²) in [5, 5.41) is 0. The van der Waals surface area contributed by atoms with Crippen LogP contribution in [0, 0.1) is 11.8 Å². The number of fused-ring (bicyclic) bond motifs is 16. The molecule has 0 radical (unpaired) electrons. The van der Waals surface area contributed by atoms with Crippen molar-refractivity contribution in [3.8, 4) is 11.8 Å². The standard InChI is InChI=1S/C62H66N8O4/c1-59(2,71-9)33-43-51-19-13-37(63-51)31-38-14-20-52(64-38)44(34-60(3,4)72-10)56-28-24-48(68-56)41(47-23-27-55(43)67-47)17-18-42-49-25-29-57(69-49)45(35-61(5,6)73-11)53-21-15-39(65-53)32-40-16-22-54(66-40)46(36-62(7,8)74-12)58-30-26-50(42)70-58/h13-16,19-32,63-65,69H,33-36H2,1-12H3. The Morgan fingerprint density at radius 1 is 0.351 bits per heavy atom. The SMILES string of the molecule is COC(C)(C)Cc1c2nc(cc3ccc([nH]3)c(CC(C)(C)OC)c3ccc([nH]3)c(C#Cc3c4nc(c(CC(C)(C)OC)c5ccc(cc6ccc([nH]6)c(CC(C)(C)OC)c6nc3C=C6)[nH]5)C=C4)c3nc1C=C3)C=C2. The van der Waals surface area contributed by atoms with Gasteiger partial charge in [-0.25, -0.2) is 19.9 Å². The van der Waals surface area contributed by atoms with Gasteiger partial charge in [0.25, 0.3) is 0 Å². The van der Waals surface area contributed by atoms with E-state index in [1.807, 2.05) is 12.2 Å². The summed E-state index contributed by atoms with van der Waals surface area (Å²) in [6.07, 6.45) is 18.9.